The highest BCUT2D eigenvalue weighted by Gasteiger charge is 2.45. The maximum Gasteiger partial charge on any atom is 0.358 e. The van der Waals surface area contributed by atoms with E-state index in [1.165, 1.54) is 25.7 Å². The zero-order chi connectivity index (χ0) is 20.4. The van der Waals surface area contributed by atoms with Gasteiger partial charge >= 0.3 is 5.24 Å². The minimum absolute atomic E-state index is 0.168. The maximum absolute atomic E-state index is 10.6. The maximum atomic E-state index is 10.6. The molecule has 2 N–H and O–H groups in total. The third-order valence-electron chi connectivity index (χ3n) is 4.74. The molecule has 7 heteroatoms. The highest BCUT2D eigenvalue weighted by atomic mass is 32.1. The van der Waals surface area contributed by atoms with Crippen molar-refractivity contribution in [3.63, 3.8) is 0 Å². The number of aliphatic hydroxyl groups excluding tert-OH is 2. The fourth-order valence-electron chi connectivity index (χ4n) is 3.08. The largest absolute Gasteiger partial charge is 0.447 e. The molecule has 0 spiro atoms. The number of hydrogen-bond donors (Lipinski definition) is 2. The van der Waals surface area contributed by atoms with E-state index < -0.39 is 30.7 Å². The van der Waals surface area contributed by atoms with Gasteiger partial charge in [-0.2, -0.15) is 0 Å². The van der Waals surface area contributed by atoms with Gasteiger partial charge in [-0.05, 0) is 25.5 Å². The van der Waals surface area contributed by atoms with Crippen molar-refractivity contribution in [2.75, 3.05) is 6.61 Å². The van der Waals surface area contributed by atoms with Crippen molar-refractivity contribution in [1.82, 2.24) is 0 Å². The summed E-state index contributed by atoms with van der Waals surface area (Å²) >= 11 is 5.11. The highest BCUT2D eigenvalue weighted by Crippen LogP contribution is 2.25. The van der Waals surface area contributed by atoms with Gasteiger partial charge in [-0.25, -0.2) is 0 Å². The number of para-hydroxylation sites is 1. The molecule has 6 nitrogen and oxygen atoms in total. The quantitative estimate of drug-likeness (QED) is 0.449. The number of rotatable bonds is 10. The van der Waals surface area contributed by atoms with E-state index in [1.807, 2.05) is 18.2 Å². The van der Waals surface area contributed by atoms with Crippen molar-refractivity contribution in [3.8, 4) is 5.75 Å². The molecule has 0 radical (unpaired) electrons. The van der Waals surface area contributed by atoms with Gasteiger partial charge in [0.05, 0.1) is 6.10 Å². The summed E-state index contributed by atoms with van der Waals surface area (Å²) in [5, 5.41) is 20.7. The van der Waals surface area contributed by atoms with Crippen molar-refractivity contribution in [3.05, 3.63) is 30.3 Å². The Morgan fingerprint density at radius 1 is 1.04 bits per heavy atom. The third kappa shape index (κ3) is 7.29. The highest BCUT2D eigenvalue weighted by molar-refractivity contribution is 7.79. The van der Waals surface area contributed by atoms with Crippen LogP contribution in [0.4, 0.5) is 0 Å². The van der Waals surface area contributed by atoms with Crippen LogP contribution in [0.2, 0.25) is 0 Å². The van der Waals surface area contributed by atoms with Gasteiger partial charge in [0.1, 0.15) is 18.0 Å². The van der Waals surface area contributed by atoms with Crippen LogP contribution in [0.15, 0.2) is 30.3 Å². The first-order valence-electron chi connectivity index (χ1n) is 10.1. The molecule has 1 saturated heterocycles. The minimum Gasteiger partial charge on any atom is -0.447 e. The van der Waals surface area contributed by atoms with Crippen molar-refractivity contribution in [1.29, 1.82) is 0 Å². The first kappa shape index (κ1) is 23.0. The number of thiocarbonyl (C=S) groups is 1. The van der Waals surface area contributed by atoms with Crippen molar-refractivity contribution in [2.24, 2.45) is 0 Å². The molecule has 5 atom stereocenters. The first-order chi connectivity index (χ1) is 13.5. The zero-order valence-electron chi connectivity index (χ0n) is 16.7. The summed E-state index contributed by atoms with van der Waals surface area (Å²) in [7, 11) is 0. The molecule has 1 fully saturated rings. The van der Waals surface area contributed by atoms with E-state index in [-0.39, 0.29) is 5.24 Å². The summed E-state index contributed by atoms with van der Waals surface area (Å²) in [5.74, 6) is 0.521. The molecule has 0 aliphatic carbocycles. The van der Waals surface area contributed by atoms with E-state index in [2.05, 4.69) is 6.92 Å². The second kappa shape index (κ2) is 12.3. The van der Waals surface area contributed by atoms with E-state index in [1.54, 1.807) is 19.1 Å². The van der Waals surface area contributed by atoms with Crippen LogP contribution in [0.3, 0.4) is 0 Å². The summed E-state index contributed by atoms with van der Waals surface area (Å²) in [4.78, 5) is 0. The predicted octanol–water partition coefficient (Wildman–Crippen LogP) is 3.58. The van der Waals surface area contributed by atoms with E-state index in [9.17, 15) is 10.2 Å². The lowest BCUT2D eigenvalue weighted by Crippen LogP contribution is -2.59. The molecule has 1 aromatic carbocycles. The second-order valence-corrected chi connectivity index (χ2v) is 7.41. The number of hydrogen-bond acceptors (Lipinski definition) is 7. The Morgan fingerprint density at radius 3 is 2.43 bits per heavy atom. The molecule has 0 unspecified atom stereocenters. The van der Waals surface area contributed by atoms with Gasteiger partial charge in [0.25, 0.3) is 0 Å². The summed E-state index contributed by atoms with van der Waals surface area (Å²) in [6.07, 6.45) is 2.19. The Kier molecular flexibility index (Phi) is 10.2. The Bertz CT molecular complexity index is 569. The van der Waals surface area contributed by atoms with Crippen molar-refractivity contribution >= 4 is 17.5 Å². The summed E-state index contributed by atoms with van der Waals surface area (Å²) in [6, 6.07) is 8.95. The van der Waals surface area contributed by atoms with Crippen molar-refractivity contribution < 1.29 is 29.2 Å². The van der Waals surface area contributed by atoms with Crippen LogP contribution in [-0.4, -0.2) is 52.8 Å². The van der Waals surface area contributed by atoms with Gasteiger partial charge in [-0.3, -0.25) is 0 Å². The number of unbranched alkanes of at least 4 members (excludes halogenated alkanes) is 5. The van der Waals surface area contributed by atoms with E-state index in [4.69, 9.17) is 31.2 Å². The average Bonchev–Trinajstić information content (AvgIpc) is 2.69. The molecule has 0 aromatic heterocycles. The molecule has 1 heterocycles. The molecule has 158 valence electrons. The SMILES string of the molecule is CCCCCCCCO[C@@H]1O[C@@H](C)[C@H](O)[C@@H](OC(=S)Oc2ccccc2)[C@H]1O. The fourth-order valence-corrected chi connectivity index (χ4v) is 3.28. The number of aliphatic hydroxyl groups is 2. The van der Waals surface area contributed by atoms with Gasteiger partial charge in [0.15, 0.2) is 12.4 Å². The van der Waals surface area contributed by atoms with Crippen LogP contribution in [-0.2, 0) is 14.2 Å². The standard InChI is InChI=1S/C21H32O6S/c1-3-4-5-6-7-11-14-24-20-18(23)19(17(22)15(2)25-20)27-21(28)26-16-12-9-8-10-13-16/h8-10,12-13,15,17-20,22-23H,3-7,11,14H2,1-2H3/t15-,17-,18+,19+,20+/m0/s1. The average molecular weight is 413 g/mol. The van der Waals surface area contributed by atoms with Gasteiger partial charge in [-0.1, -0.05) is 57.2 Å². The molecule has 0 bridgehead atoms. The third-order valence-corrected chi connectivity index (χ3v) is 4.92. The molecule has 1 aliphatic heterocycles. The Labute approximate surface area is 172 Å². The smallest absolute Gasteiger partial charge is 0.358 e. The Balaban J connectivity index is 1.81. The molecule has 1 aliphatic rings. The molecule has 0 amide bonds. The van der Waals surface area contributed by atoms with Crippen LogP contribution >= 0.6 is 12.2 Å². The van der Waals surface area contributed by atoms with Gasteiger partial charge in [0, 0.05) is 18.8 Å². The first-order valence-corrected chi connectivity index (χ1v) is 10.5. The monoisotopic (exact) mass is 412 g/mol. The zero-order valence-corrected chi connectivity index (χ0v) is 17.5. The van der Waals surface area contributed by atoms with E-state index in [0.29, 0.717) is 12.4 Å². The summed E-state index contributed by atoms with van der Waals surface area (Å²) in [6.45, 7) is 4.37. The molecule has 1 aromatic rings. The lowest BCUT2D eigenvalue weighted by Gasteiger charge is -2.40. The van der Waals surface area contributed by atoms with Gasteiger partial charge < -0.3 is 29.2 Å². The van der Waals surface area contributed by atoms with Crippen LogP contribution in [0, 0.1) is 0 Å². The summed E-state index contributed by atoms with van der Waals surface area (Å²) < 4.78 is 22.3. The molecular weight excluding hydrogens is 380 g/mol. The lowest BCUT2D eigenvalue weighted by molar-refractivity contribution is -0.291. The van der Waals surface area contributed by atoms with E-state index >= 15 is 0 Å². The van der Waals surface area contributed by atoms with Crippen molar-refractivity contribution in [2.45, 2.75) is 83.1 Å². The fraction of sp³-hybridized carbons (Fsp3) is 0.667. The molecular formula is C21H32O6S. The lowest BCUT2D eigenvalue weighted by atomic mass is 10.00. The summed E-state index contributed by atoms with van der Waals surface area (Å²) in [5.41, 5.74) is 0. The van der Waals surface area contributed by atoms with Crippen LogP contribution in [0.5, 0.6) is 5.75 Å². The topological polar surface area (TPSA) is 77.4 Å². The van der Waals surface area contributed by atoms with Gasteiger partial charge in [0.2, 0.25) is 0 Å². The second-order valence-electron chi connectivity index (χ2n) is 7.08. The normalized spacial score (nSPS) is 27.4. The van der Waals surface area contributed by atoms with Crippen LogP contribution < -0.4 is 4.74 Å². The van der Waals surface area contributed by atoms with Crippen LogP contribution in [0.25, 0.3) is 0 Å². The predicted molar refractivity (Wildman–Crippen MR) is 110 cm³/mol. The van der Waals surface area contributed by atoms with E-state index in [0.717, 1.165) is 12.8 Å². The molecule has 2 rings (SSSR count). The molecule has 0 saturated carbocycles. The number of ether oxygens (including phenoxy) is 4. The number of benzene rings is 1. The van der Waals surface area contributed by atoms with Gasteiger partial charge in [-0.15, -0.1) is 0 Å². The van der Waals surface area contributed by atoms with Crippen LogP contribution in [0.1, 0.15) is 52.4 Å². The Hall–Kier alpha value is -1.25. The Morgan fingerprint density at radius 2 is 1.71 bits per heavy atom. The molecule has 28 heavy (non-hydrogen) atoms. The minimum atomic E-state index is -1.18.